The lowest BCUT2D eigenvalue weighted by molar-refractivity contribution is -0.124. The quantitative estimate of drug-likeness (QED) is 0.737. The fourth-order valence-electron chi connectivity index (χ4n) is 2.85. The molecule has 144 valence electrons. The second-order valence-corrected chi connectivity index (χ2v) is 9.49. The summed E-state index contributed by atoms with van der Waals surface area (Å²) in [6.45, 7) is -0.120. The van der Waals surface area contributed by atoms with Crippen LogP contribution in [0.25, 0.3) is 6.08 Å². The summed E-state index contributed by atoms with van der Waals surface area (Å²) < 4.78 is 36.5. The van der Waals surface area contributed by atoms with Crippen LogP contribution >= 0.6 is 11.8 Å². The third kappa shape index (κ3) is 4.75. The third-order valence-corrected chi connectivity index (χ3v) is 6.90. The minimum Gasteiger partial charge on any atom is -0.352 e. The third-order valence-electron chi connectivity index (χ3n) is 4.23. The number of amides is 3. The van der Waals surface area contributed by atoms with E-state index in [4.69, 9.17) is 0 Å². The molecule has 2 aliphatic heterocycles. The van der Waals surface area contributed by atoms with E-state index in [2.05, 4.69) is 5.32 Å². The first kappa shape index (κ1) is 19.6. The summed E-state index contributed by atoms with van der Waals surface area (Å²) in [7, 11) is -3.10. The molecule has 7 nitrogen and oxygen atoms in total. The maximum Gasteiger partial charge on any atom is 0.293 e. The number of nitrogens with zero attached hydrogens (tertiary/aromatic N) is 1. The molecule has 3 amide bonds. The molecule has 0 aromatic heterocycles. The van der Waals surface area contributed by atoms with E-state index in [0.29, 0.717) is 18.2 Å². The Morgan fingerprint density at radius 3 is 2.74 bits per heavy atom. The maximum absolute atomic E-state index is 13.7. The molecule has 1 atom stereocenters. The van der Waals surface area contributed by atoms with Gasteiger partial charge in [0, 0.05) is 24.6 Å². The first-order chi connectivity index (χ1) is 12.7. The molecule has 1 N–H and O–H groups in total. The standard InChI is InChI=1S/C17H17FN2O5S2/c18-13-4-2-1-3-11(13)9-14-16(22)20(17(23)26-14)7-5-15(21)19-12-6-8-27(24,25)10-12/h1-4,9,12H,5-8,10H2,(H,19,21)/b14-9-. The zero-order valence-electron chi connectivity index (χ0n) is 14.2. The van der Waals surface area contributed by atoms with E-state index < -0.39 is 38.7 Å². The first-order valence-electron chi connectivity index (χ1n) is 8.25. The molecule has 1 aromatic carbocycles. The fraction of sp³-hybridized carbons (Fsp3) is 0.353. The van der Waals surface area contributed by atoms with Crippen molar-refractivity contribution in [3.63, 3.8) is 0 Å². The molecule has 10 heteroatoms. The molecule has 0 spiro atoms. The highest BCUT2D eigenvalue weighted by Crippen LogP contribution is 2.32. The number of sulfone groups is 1. The van der Waals surface area contributed by atoms with Crippen LogP contribution in [0, 0.1) is 5.82 Å². The Bertz CT molecular complexity index is 929. The Labute approximate surface area is 159 Å². The topological polar surface area (TPSA) is 101 Å². The lowest BCUT2D eigenvalue weighted by atomic mass is 10.2. The van der Waals surface area contributed by atoms with Gasteiger partial charge in [-0.2, -0.15) is 0 Å². The monoisotopic (exact) mass is 412 g/mol. The largest absolute Gasteiger partial charge is 0.352 e. The number of nitrogens with one attached hydrogen (secondary N) is 1. The Morgan fingerprint density at radius 2 is 2.07 bits per heavy atom. The Hall–Kier alpha value is -2.20. The zero-order chi connectivity index (χ0) is 19.6. The fourth-order valence-corrected chi connectivity index (χ4v) is 5.38. The van der Waals surface area contributed by atoms with Gasteiger partial charge in [0.15, 0.2) is 9.84 Å². The predicted molar refractivity (Wildman–Crippen MR) is 98.9 cm³/mol. The van der Waals surface area contributed by atoms with Crippen LogP contribution in [0.3, 0.4) is 0 Å². The van der Waals surface area contributed by atoms with Crippen molar-refractivity contribution in [2.45, 2.75) is 18.9 Å². The van der Waals surface area contributed by atoms with Gasteiger partial charge >= 0.3 is 0 Å². The molecule has 0 saturated carbocycles. The molecule has 1 aromatic rings. The molecule has 2 aliphatic rings. The van der Waals surface area contributed by atoms with Crippen molar-refractivity contribution in [1.82, 2.24) is 10.2 Å². The van der Waals surface area contributed by atoms with Crippen molar-refractivity contribution in [2.75, 3.05) is 18.1 Å². The van der Waals surface area contributed by atoms with E-state index >= 15 is 0 Å². The Balaban J connectivity index is 1.58. The lowest BCUT2D eigenvalue weighted by Gasteiger charge is -2.14. The number of hydrogen-bond acceptors (Lipinski definition) is 6. The van der Waals surface area contributed by atoms with Gasteiger partial charge in [0.2, 0.25) is 5.91 Å². The summed E-state index contributed by atoms with van der Waals surface area (Å²) >= 11 is 0.691. The molecule has 2 heterocycles. The summed E-state index contributed by atoms with van der Waals surface area (Å²) in [5.74, 6) is -1.55. The summed E-state index contributed by atoms with van der Waals surface area (Å²) in [4.78, 5) is 37.4. The SMILES string of the molecule is O=C(CCN1C(=O)S/C(=C\c2ccccc2F)C1=O)NC1CCS(=O)(=O)C1. The minimum atomic E-state index is -3.10. The number of imide groups is 1. The van der Waals surface area contributed by atoms with Gasteiger partial charge in [-0.1, -0.05) is 18.2 Å². The van der Waals surface area contributed by atoms with Gasteiger partial charge in [-0.05, 0) is 30.3 Å². The van der Waals surface area contributed by atoms with Gasteiger partial charge in [-0.15, -0.1) is 0 Å². The average Bonchev–Trinajstić information content (AvgIpc) is 3.07. The van der Waals surface area contributed by atoms with Crippen LogP contribution in [-0.2, 0) is 19.4 Å². The van der Waals surface area contributed by atoms with E-state index in [0.717, 1.165) is 4.90 Å². The van der Waals surface area contributed by atoms with Gasteiger partial charge < -0.3 is 5.32 Å². The minimum absolute atomic E-state index is 0.0435. The molecule has 0 bridgehead atoms. The molecule has 1 unspecified atom stereocenters. The highest BCUT2D eigenvalue weighted by molar-refractivity contribution is 8.18. The number of hydrogen-bond donors (Lipinski definition) is 1. The predicted octanol–water partition coefficient (Wildman–Crippen LogP) is 1.56. The second-order valence-electron chi connectivity index (χ2n) is 6.27. The van der Waals surface area contributed by atoms with Crippen LogP contribution in [0.4, 0.5) is 9.18 Å². The van der Waals surface area contributed by atoms with Gasteiger partial charge in [0.05, 0.1) is 16.4 Å². The zero-order valence-corrected chi connectivity index (χ0v) is 15.8. The van der Waals surface area contributed by atoms with Gasteiger partial charge in [-0.25, -0.2) is 12.8 Å². The smallest absolute Gasteiger partial charge is 0.293 e. The average molecular weight is 412 g/mol. The first-order valence-corrected chi connectivity index (χ1v) is 10.9. The number of thioether (sulfide) groups is 1. The second kappa shape index (κ2) is 7.81. The number of halogens is 1. The van der Waals surface area contributed by atoms with Gasteiger partial charge in [0.25, 0.3) is 11.1 Å². The Kier molecular flexibility index (Phi) is 5.66. The molecule has 2 saturated heterocycles. The molecular weight excluding hydrogens is 395 g/mol. The normalized spacial score (nSPS) is 23.2. The van der Waals surface area contributed by atoms with Crippen LogP contribution in [-0.4, -0.2) is 54.5 Å². The number of rotatable bonds is 5. The molecule has 27 heavy (non-hydrogen) atoms. The lowest BCUT2D eigenvalue weighted by Crippen LogP contribution is -2.38. The van der Waals surface area contributed by atoms with E-state index in [-0.39, 0.29) is 34.9 Å². The van der Waals surface area contributed by atoms with Crippen molar-refractivity contribution < 1.29 is 27.2 Å². The molecule has 0 radical (unpaired) electrons. The molecule has 0 aliphatic carbocycles. The number of carbonyl (C=O) groups excluding carboxylic acids is 3. The Morgan fingerprint density at radius 1 is 1.33 bits per heavy atom. The van der Waals surface area contributed by atoms with E-state index in [1.807, 2.05) is 0 Å². The maximum atomic E-state index is 13.7. The van der Waals surface area contributed by atoms with E-state index in [1.165, 1.54) is 24.3 Å². The van der Waals surface area contributed by atoms with Crippen molar-refractivity contribution in [2.24, 2.45) is 0 Å². The van der Waals surface area contributed by atoms with Crippen LogP contribution in [0.5, 0.6) is 0 Å². The summed E-state index contributed by atoms with van der Waals surface area (Å²) in [6, 6.07) is 5.45. The summed E-state index contributed by atoms with van der Waals surface area (Å²) in [6.07, 6.45) is 1.55. The highest BCUT2D eigenvalue weighted by atomic mass is 32.2. The summed E-state index contributed by atoms with van der Waals surface area (Å²) in [5, 5.41) is 2.08. The summed E-state index contributed by atoms with van der Waals surface area (Å²) in [5.41, 5.74) is 0.197. The molecular formula is C17H17FN2O5S2. The van der Waals surface area contributed by atoms with Crippen molar-refractivity contribution in [3.05, 3.63) is 40.6 Å². The molecule has 3 rings (SSSR count). The van der Waals surface area contributed by atoms with Gasteiger partial charge in [0.1, 0.15) is 5.82 Å². The van der Waals surface area contributed by atoms with Crippen LogP contribution in [0.1, 0.15) is 18.4 Å². The van der Waals surface area contributed by atoms with Crippen LogP contribution in [0.15, 0.2) is 29.2 Å². The van der Waals surface area contributed by atoms with Crippen molar-refractivity contribution in [1.29, 1.82) is 0 Å². The van der Waals surface area contributed by atoms with Gasteiger partial charge in [-0.3, -0.25) is 19.3 Å². The molecule has 2 fully saturated rings. The van der Waals surface area contributed by atoms with Crippen molar-refractivity contribution in [3.8, 4) is 0 Å². The van der Waals surface area contributed by atoms with E-state index in [9.17, 15) is 27.2 Å². The number of carbonyl (C=O) groups is 3. The van der Waals surface area contributed by atoms with E-state index in [1.54, 1.807) is 6.07 Å². The van der Waals surface area contributed by atoms with Crippen LogP contribution < -0.4 is 5.32 Å². The van der Waals surface area contributed by atoms with Crippen molar-refractivity contribution >= 4 is 44.7 Å². The highest BCUT2D eigenvalue weighted by Gasteiger charge is 2.35. The van der Waals surface area contributed by atoms with Crippen LogP contribution in [0.2, 0.25) is 0 Å². The number of benzene rings is 1.